The van der Waals surface area contributed by atoms with Crippen LogP contribution in [0.5, 0.6) is 5.75 Å². The van der Waals surface area contributed by atoms with Crippen LogP contribution in [-0.4, -0.2) is 10.1 Å². The van der Waals surface area contributed by atoms with Crippen molar-refractivity contribution in [2.24, 2.45) is 0 Å². The van der Waals surface area contributed by atoms with Crippen molar-refractivity contribution < 1.29 is 5.11 Å². The molecular formula is C15H10ClNO. The van der Waals surface area contributed by atoms with Crippen LogP contribution < -0.4 is 0 Å². The molecule has 88 valence electrons. The lowest BCUT2D eigenvalue weighted by molar-refractivity contribution is 0.477. The average molecular weight is 256 g/mol. The van der Waals surface area contributed by atoms with Gasteiger partial charge in [0.15, 0.2) is 0 Å². The maximum Gasteiger partial charge on any atom is 0.123 e. The third-order valence-electron chi connectivity index (χ3n) is 2.87. The molecule has 0 radical (unpaired) electrons. The molecule has 0 unspecified atom stereocenters. The zero-order valence-corrected chi connectivity index (χ0v) is 10.2. The lowest BCUT2D eigenvalue weighted by Crippen LogP contribution is -1.82. The van der Waals surface area contributed by atoms with E-state index in [2.05, 4.69) is 4.98 Å². The van der Waals surface area contributed by atoms with Gasteiger partial charge in [0, 0.05) is 22.2 Å². The topological polar surface area (TPSA) is 33.1 Å². The molecule has 18 heavy (non-hydrogen) atoms. The van der Waals surface area contributed by atoms with Crippen molar-refractivity contribution in [2.45, 2.75) is 0 Å². The standard InChI is InChI=1S/C15H10ClNO/c16-12-4-6-15(18)13(9-12)10-3-5-14-11(8-10)2-1-7-17-14/h1-9,18H. The number of hydrogen-bond donors (Lipinski definition) is 1. The van der Waals surface area contributed by atoms with Crippen molar-refractivity contribution in [3.05, 3.63) is 59.8 Å². The van der Waals surface area contributed by atoms with E-state index < -0.39 is 0 Å². The molecule has 0 fully saturated rings. The molecule has 2 aromatic carbocycles. The van der Waals surface area contributed by atoms with Gasteiger partial charge in [0.25, 0.3) is 0 Å². The van der Waals surface area contributed by atoms with Gasteiger partial charge in [-0.15, -0.1) is 0 Å². The molecule has 0 atom stereocenters. The molecule has 0 amide bonds. The summed E-state index contributed by atoms with van der Waals surface area (Å²) in [6, 6.07) is 14.8. The summed E-state index contributed by atoms with van der Waals surface area (Å²) in [4.78, 5) is 4.27. The first-order valence-electron chi connectivity index (χ1n) is 5.58. The van der Waals surface area contributed by atoms with Crippen LogP contribution in [0, 0.1) is 0 Å². The zero-order chi connectivity index (χ0) is 12.5. The van der Waals surface area contributed by atoms with Crippen molar-refractivity contribution in [3.63, 3.8) is 0 Å². The summed E-state index contributed by atoms with van der Waals surface area (Å²) in [5.41, 5.74) is 2.59. The quantitative estimate of drug-likeness (QED) is 0.705. The smallest absolute Gasteiger partial charge is 0.123 e. The van der Waals surface area contributed by atoms with Gasteiger partial charge in [-0.2, -0.15) is 0 Å². The molecule has 0 spiro atoms. The van der Waals surface area contributed by atoms with Crippen molar-refractivity contribution in [1.29, 1.82) is 0 Å². The normalized spacial score (nSPS) is 10.7. The zero-order valence-electron chi connectivity index (χ0n) is 9.47. The molecular weight excluding hydrogens is 246 g/mol. The van der Waals surface area contributed by atoms with Gasteiger partial charge in [-0.3, -0.25) is 4.98 Å². The highest BCUT2D eigenvalue weighted by Gasteiger charge is 2.06. The van der Waals surface area contributed by atoms with Crippen LogP contribution in [0.25, 0.3) is 22.0 Å². The highest BCUT2D eigenvalue weighted by atomic mass is 35.5. The van der Waals surface area contributed by atoms with Crippen LogP contribution in [0.4, 0.5) is 0 Å². The molecule has 1 heterocycles. The Morgan fingerprint density at radius 2 is 1.89 bits per heavy atom. The maximum atomic E-state index is 9.89. The fourth-order valence-electron chi connectivity index (χ4n) is 1.98. The van der Waals surface area contributed by atoms with Gasteiger partial charge in [-0.1, -0.05) is 23.7 Å². The molecule has 0 aliphatic carbocycles. The second kappa shape index (κ2) is 4.31. The molecule has 0 saturated heterocycles. The van der Waals surface area contributed by atoms with Gasteiger partial charge in [0.1, 0.15) is 5.75 Å². The SMILES string of the molecule is Oc1ccc(Cl)cc1-c1ccc2ncccc2c1. The van der Waals surface area contributed by atoms with Gasteiger partial charge >= 0.3 is 0 Å². The van der Waals surface area contributed by atoms with Crippen LogP contribution in [-0.2, 0) is 0 Å². The van der Waals surface area contributed by atoms with E-state index in [1.54, 1.807) is 24.4 Å². The molecule has 3 aromatic rings. The number of nitrogens with zero attached hydrogens (tertiary/aromatic N) is 1. The van der Waals surface area contributed by atoms with Crippen molar-refractivity contribution >= 4 is 22.5 Å². The van der Waals surface area contributed by atoms with Gasteiger partial charge < -0.3 is 5.11 Å². The summed E-state index contributed by atoms with van der Waals surface area (Å²) in [5.74, 6) is 0.225. The fourth-order valence-corrected chi connectivity index (χ4v) is 2.15. The summed E-state index contributed by atoms with van der Waals surface area (Å²) >= 11 is 5.96. The van der Waals surface area contributed by atoms with E-state index in [-0.39, 0.29) is 5.75 Å². The number of fused-ring (bicyclic) bond motifs is 1. The number of halogens is 1. The molecule has 1 N–H and O–H groups in total. The summed E-state index contributed by atoms with van der Waals surface area (Å²) in [6.45, 7) is 0. The molecule has 0 aliphatic heterocycles. The molecule has 0 aliphatic rings. The Kier molecular flexibility index (Phi) is 2.65. The predicted octanol–water partition coefficient (Wildman–Crippen LogP) is 4.26. The first-order chi connectivity index (χ1) is 8.74. The Bertz CT molecular complexity index is 725. The number of aromatic nitrogens is 1. The van der Waals surface area contributed by atoms with Gasteiger partial charge in [-0.05, 0) is 42.0 Å². The lowest BCUT2D eigenvalue weighted by atomic mass is 10.0. The molecule has 3 heteroatoms. The van der Waals surface area contributed by atoms with E-state index in [4.69, 9.17) is 11.6 Å². The highest BCUT2D eigenvalue weighted by Crippen LogP contribution is 2.32. The van der Waals surface area contributed by atoms with Gasteiger partial charge in [0.2, 0.25) is 0 Å². The molecule has 3 rings (SSSR count). The second-order valence-electron chi connectivity index (χ2n) is 4.07. The molecule has 0 saturated carbocycles. The summed E-state index contributed by atoms with van der Waals surface area (Å²) in [7, 11) is 0. The fraction of sp³-hybridized carbons (Fsp3) is 0. The minimum atomic E-state index is 0.225. The van der Waals surface area contributed by atoms with Crippen LogP contribution in [0.2, 0.25) is 5.02 Å². The number of rotatable bonds is 1. The average Bonchev–Trinajstić information content (AvgIpc) is 2.41. The van der Waals surface area contributed by atoms with Crippen LogP contribution in [0.3, 0.4) is 0 Å². The predicted molar refractivity (Wildman–Crippen MR) is 73.9 cm³/mol. The summed E-state index contributed by atoms with van der Waals surface area (Å²) < 4.78 is 0. The van der Waals surface area contributed by atoms with Gasteiger partial charge in [-0.25, -0.2) is 0 Å². The van der Waals surface area contributed by atoms with Gasteiger partial charge in [0.05, 0.1) is 5.52 Å². The third-order valence-corrected chi connectivity index (χ3v) is 3.11. The molecule has 2 nitrogen and oxygen atoms in total. The Labute approximate surface area is 109 Å². The third kappa shape index (κ3) is 1.91. The number of pyridine rings is 1. The molecule has 1 aromatic heterocycles. The maximum absolute atomic E-state index is 9.89. The van der Waals surface area contributed by atoms with E-state index in [1.165, 1.54) is 0 Å². The first kappa shape index (κ1) is 11.1. The number of hydrogen-bond acceptors (Lipinski definition) is 2. The number of benzene rings is 2. The lowest BCUT2D eigenvalue weighted by Gasteiger charge is -2.06. The van der Waals surface area contributed by atoms with Crippen molar-refractivity contribution in [2.75, 3.05) is 0 Å². The first-order valence-corrected chi connectivity index (χ1v) is 5.95. The number of phenolic OH excluding ortho intramolecular Hbond substituents is 1. The van der Waals surface area contributed by atoms with Crippen LogP contribution >= 0.6 is 11.6 Å². The largest absolute Gasteiger partial charge is 0.507 e. The second-order valence-corrected chi connectivity index (χ2v) is 4.51. The van der Waals surface area contributed by atoms with E-state index in [0.29, 0.717) is 5.02 Å². The summed E-state index contributed by atoms with van der Waals surface area (Å²) in [6.07, 6.45) is 1.76. The van der Waals surface area contributed by atoms with Crippen LogP contribution in [0.15, 0.2) is 54.7 Å². The monoisotopic (exact) mass is 255 g/mol. The number of aromatic hydroxyl groups is 1. The Morgan fingerprint density at radius 1 is 1.00 bits per heavy atom. The van der Waals surface area contributed by atoms with E-state index >= 15 is 0 Å². The van der Waals surface area contributed by atoms with E-state index in [0.717, 1.165) is 22.0 Å². The number of phenols is 1. The Morgan fingerprint density at radius 3 is 2.78 bits per heavy atom. The highest BCUT2D eigenvalue weighted by molar-refractivity contribution is 6.31. The van der Waals surface area contributed by atoms with E-state index in [1.807, 2.05) is 30.3 Å². The summed E-state index contributed by atoms with van der Waals surface area (Å²) in [5, 5.41) is 11.5. The minimum absolute atomic E-state index is 0.225. The molecule has 0 bridgehead atoms. The van der Waals surface area contributed by atoms with Crippen molar-refractivity contribution in [1.82, 2.24) is 4.98 Å². The van der Waals surface area contributed by atoms with Crippen LogP contribution in [0.1, 0.15) is 0 Å². The Hall–Kier alpha value is -2.06. The van der Waals surface area contributed by atoms with Crippen molar-refractivity contribution in [3.8, 4) is 16.9 Å². The Balaban J connectivity index is 2.22. The minimum Gasteiger partial charge on any atom is -0.507 e. The van der Waals surface area contributed by atoms with E-state index in [9.17, 15) is 5.11 Å².